The van der Waals surface area contributed by atoms with E-state index in [-0.39, 0.29) is 11.3 Å². The summed E-state index contributed by atoms with van der Waals surface area (Å²) in [4.78, 5) is 12.7. The van der Waals surface area contributed by atoms with E-state index >= 15 is 0 Å². The fraction of sp³-hybridized carbons (Fsp3) is 0.355. The van der Waals surface area contributed by atoms with Gasteiger partial charge in [0.05, 0.1) is 35.3 Å². The van der Waals surface area contributed by atoms with E-state index in [0.29, 0.717) is 34.4 Å². The van der Waals surface area contributed by atoms with Gasteiger partial charge in [-0.25, -0.2) is 13.2 Å². The fourth-order valence-corrected chi connectivity index (χ4v) is 6.31. The number of aryl methyl sites for hydroxylation is 2. The lowest BCUT2D eigenvalue weighted by Crippen LogP contribution is -2.29. The van der Waals surface area contributed by atoms with Gasteiger partial charge in [0.15, 0.2) is 6.10 Å². The van der Waals surface area contributed by atoms with Gasteiger partial charge in [0.2, 0.25) is 10.0 Å². The molecule has 8 nitrogen and oxygen atoms in total. The highest BCUT2D eigenvalue weighted by molar-refractivity contribution is 7.91. The van der Waals surface area contributed by atoms with Gasteiger partial charge in [0.1, 0.15) is 5.75 Å². The number of sulfonamides is 1. The number of nitriles is 1. The topological polar surface area (TPSA) is 126 Å². The zero-order valence-electron chi connectivity index (χ0n) is 23.4. The first-order valence-corrected chi connectivity index (χ1v) is 14.7. The molecular formula is C31H34N2O6S. The SMILES string of the molecule is Cc1cc(NS(=O)(=O)Cc2ccccc2C#N)c(C)c(C(OC(C)(C)C)C(=O)O)c1-c1ccc2c(c1)CCCO2. The molecule has 1 heterocycles. The lowest BCUT2D eigenvalue weighted by Gasteiger charge is -2.30. The summed E-state index contributed by atoms with van der Waals surface area (Å²) in [5, 5.41) is 19.7. The molecule has 0 saturated carbocycles. The van der Waals surface area contributed by atoms with Crippen LogP contribution in [0.5, 0.6) is 5.75 Å². The molecule has 1 atom stereocenters. The highest BCUT2D eigenvalue weighted by Crippen LogP contribution is 2.42. The molecule has 1 unspecified atom stereocenters. The summed E-state index contributed by atoms with van der Waals surface area (Å²) < 4.78 is 41.0. The second kappa shape index (κ2) is 11.3. The molecule has 0 saturated heterocycles. The Hall–Kier alpha value is -3.87. The van der Waals surface area contributed by atoms with Crippen LogP contribution < -0.4 is 9.46 Å². The van der Waals surface area contributed by atoms with E-state index in [4.69, 9.17) is 9.47 Å². The van der Waals surface area contributed by atoms with Gasteiger partial charge in [-0.2, -0.15) is 5.26 Å². The standard InChI is InChI=1S/C31H34N2O6S/c1-19-15-25(33-40(36,37)18-24-10-7-6-9-23(24)17-32)20(2)28(29(30(34)35)39-31(3,4)5)27(19)22-12-13-26-21(16-22)11-8-14-38-26/h6-7,9-10,12-13,15-16,29,33H,8,11,14,18H2,1-5H3,(H,34,35). The van der Waals surface area contributed by atoms with Crippen molar-refractivity contribution in [1.29, 1.82) is 5.26 Å². The maximum Gasteiger partial charge on any atom is 0.337 e. The number of anilines is 1. The number of hydrogen-bond acceptors (Lipinski definition) is 6. The monoisotopic (exact) mass is 562 g/mol. The van der Waals surface area contributed by atoms with Crippen molar-refractivity contribution in [2.45, 2.75) is 64.9 Å². The first-order valence-electron chi connectivity index (χ1n) is 13.1. The predicted octanol–water partition coefficient (Wildman–Crippen LogP) is 6.05. The molecule has 1 aliphatic rings. The number of nitrogens with zero attached hydrogens (tertiary/aromatic N) is 1. The second-order valence-corrected chi connectivity index (χ2v) is 12.7. The van der Waals surface area contributed by atoms with Crippen LogP contribution in [0.3, 0.4) is 0 Å². The molecule has 0 spiro atoms. The Bertz CT molecular complexity index is 1600. The van der Waals surface area contributed by atoms with Crippen LogP contribution in [0.15, 0.2) is 48.5 Å². The van der Waals surface area contributed by atoms with Crippen molar-refractivity contribution in [3.05, 3.63) is 81.9 Å². The Labute approximate surface area is 235 Å². The lowest BCUT2D eigenvalue weighted by molar-refractivity contribution is -0.160. The van der Waals surface area contributed by atoms with Gasteiger partial charge >= 0.3 is 5.97 Å². The van der Waals surface area contributed by atoms with Crippen LogP contribution in [0.4, 0.5) is 5.69 Å². The van der Waals surface area contributed by atoms with Crippen LogP contribution >= 0.6 is 0 Å². The minimum atomic E-state index is -3.95. The minimum Gasteiger partial charge on any atom is -0.493 e. The van der Waals surface area contributed by atoms with Crippen LogP contribution in [-0.2, 0) is 31.7 Å². The maximum atomic E-state index is 13.3. The number of carboxylic acids is 1. The van der Waals surface area contributed by atoms with E-state index in [1.54, 1.807) is 58.0 Å². The summed E-state index contributed by atoms with van der Waals surface area (Å²) in [6.45, 7) is 9.51. The van der Waals surface area contributed by atoms with Crippen molar-refractivity contribution in [2.24, 2.45) is 0 Å². The summed E-state index contributed by atoms with van der Waals surface area (Å²) in [6, 6.07) is 16.1. The molecule has 0 bridgehead atoms. The van der Waals surface area contributed by atoms with E-state index in [1.807, 2.05) is 31.2 Å². The van der Waals surface area contributed by atoms with Crippen molar-refractivity contribution in [3.8, 4) is 22.9 Å². The molecule has 2 N–H and O–H groups in total. The molecule has 0 amide bonds. The van der Waals surface area contributed by atoms with Crippen molar-refractivity contribution >= 4 is 21.7 Å². The fourth-order valence-electron chi connectivity index (χ4n) is 5.02. The molecule has 210 valence electrons. The van der Waals surface area contributed by atoms with Crippen molar-refractivity contribution in [2.75, 3.05) is 11.3 Å². The number of carbonyl (C=O) groups is 1. The van der Waals surface area contributed by atoms with Crippen molar-refractivity contribution in [1.82, 2.24) is 0 Å². The molecule has 3 aromatic rings. The van der Waals surface area contributed by atoms with Crippen LogP contribution in [0, 0.1) is 25.2 Å². The Morgan fingerprint density at radius 2 is 1.90 bits per heavy atom. The Kier molecular flexibility index (Phi) is 8.24. The van der Waals surface area contributed by atoms with Crippen LogP contribution in [0.1, 0.15) is 66.7 Å². The maximum absolute atomic E-state index is 13.3. The molecular weight excluding hydrogens is 528 g/mol. The molecule has 3 aromatic carbocycles. The molecule has 0 aromatic heterocycles. The number of nitrogens with one attached hydrogen (secondary N) is 1. The van der Waals surface area contributed by atoms with Gasteiger partial charge in [-0.3, -0.25) is 4.72 Å². The first kappa shape index (κ1) is 29.1. The number of ether oxygens (including phenoxy) is 2. The number of hydrogen-bond donors (Lipinski definition) is 2. The average Bonchev–Trinajstić information content (AvgIpc) is 2.88. The van der Waals surface area contributed by atoms with Gasteiger partial charge in [0, 0.05) is 5.56 Å². The zero-order valence-corrected chi connectivity index (χ0v) is 24.2. The van der Waals surface area contributed by atoms with E-state index in [0.717, 1.165) is 29.7 Å². The minimum absolute atomic E-state index is 0.260. The van der Waals surface area contributed by atoms with E-state index in [1.165, 1.54) is 0 Å². The van der Waals surface area contributed by atoms with Crippen LogP contribution in [-0.4, -0.2) is 31.7 Å². The summed E-state index contributed by atoms with van der Waals surface area (Å²) in [5.41, 5.74) is 4.17. The van der Waals surface area contributed by atoms with Crippen molar-refractivity contribution in [3.63, 3.8) is 0 Å². The van der Waals surface area contributed by atoms with Gasteiger partial charge in [-0.15, -0.1) is 0 Å². The predicted molar refractivity (Wildman–Crippen MR) is 154 cm³/mol. The van der Waals surface area contributed by atoms with E-state index in [9.17, 15) is 23.6 Å². The Balaban J connectivity index is 1.87. The van der Waals surface area contributed by atoms with E-state index in [2.05, 4.69) is 4.72 Å². The van der Waals surface area contributed by atoms with Gasteiger partial charge in [-0.1, -0.05) is 24.3 Å². The van der Waals surface area contributed by atoms with E-state index < -0.39 is 33.5 Å². The zero-order chi connectivity index (χ0) is 29.2. The molecule has 1 aliphatic heterocycles. The molecule has 4 rings (SSSR count). The van der Waals surface area contributed by atoms with Gasteiger partial charge in [-0.05, 0) is 105 Å². The smallest absolute Gasteiger partial charge is 0.337 e. The number of benzene rings is 3. The van der Waals surface area contributed by atoms with Crippen LogP contribution in [0.25, 0.3) is 11.1 Å². The van der Waals surface area contributed by atoms with Crippen LogP contribution in [0.2, 0.25) is 0 Å². The highest BCUT2D eigenvalue weighted by Gasteiger charge is 2.33. The summed E-state index contributed by atoms with van der Waals surface area (Å²) >= 11 is 0. The third kappa shape index (κ3) is 6.46. The quantitative estimate of drug-likeness (QED) is 0.342. The summed E-state index contributed by atoms with van der Waals surface area (Å²) in [7, 11) is -3.95. The third-order valence-corrected chi connectivity index (χ3v) is 7.96. The first-order chi connectivity index (χ1) is 18.8. The molecule has 0 radical (unpaired) electrons. The number of aliphatic carboxylic acids is 1. The van der Waals surface area contributed by atoms with Gasteiger partial charge in [0.25, 0.3) is 0 Å². The largest absolute Gasteiger partial charge is 0.493 e. The second-order valence-electron chi connectivity index (χ2n) is 11.0. The lowest BCUT2D eigenvalue weighted by atomic mass is 9.86. The highest BCUT2D eigenvalue weighted by atomic mass is 32.2. The summed E-state index contributed by atoms with van der Waals surface area (Å²) in [5.74, 6) is -0.769. The summed E-state index contributed by atoms with van der Waals surface area (Å²) in [6.07, 6.45) is 0.381. The van der Waals surface area contributed by atoms with Crippen molar-refractivity contribution < 1.29 is 27.8 Å². The molecule has 0 aliphatic carbocycles. The Morgan fingerprint density at radius 3 is 2.58 bits per heavy atom. The third-order valence-electron chi connectivity index (χ3n) is 6.74. The average molecular weight is 563 g/mol. The number of fused-ring (bicyclic) bond motifs is 1. The molecule has 9 heteroatoms. The molecule has 0 fully saturated rings. The number of rotatable bonds is 8. The van der Waals surface area contributed by atoms with Gasteiger partial charge < -0.3 is 14.6 Å². The normalized spacial score (nSPS) is 14.0. The molecule has 40 heavy (non-hydrogen) atoms. The Morgan fingerprint density at radius 1 is 1.18 bits per heavy atom. The number of carboxylic acid groups (broad SMARTS) is 1.